The Labute approximate surface area is 105 Å². The van der Waals surface area contributed by atoms with E-state index in [-0.39, 0.29) is 23.6 Å². The zero-order chi connectivity index (χ0) is 13.1. The van der Waals surface area contributed by atoms with Crippen LogP contribution in [0.2, 0.25) is 0 Å². The lowest BCUT2D eigenvalue weighted by atomic mass is 10.1. The van der Waals surface area contributed by atoms with Gasteiger partial charge in [0.05, 0.1) is 6.04 Å². The van der Waals surface area contributed by atoms with Gasteiger partial charge in [-0.05, 0) is 19.9 Å². The smallest absolute Gasteiger partial charge is 0.141 e. The molecular weight excluding hydrogens is 232 g/mol. The van der Waals surface area contributed by atoms with Gasteiger partial charge in [0.1, 0.15) is 23.7 Å². The Hall–Kier alpha value is -2.08. The molecule has 0 spiro atoms. The Balaban J connectivity index is 2.10. The minimum Gasteiger partial charge on any atom is -0.508 e. The molecule has 0 bridgehead atoms. The number of phenolic OH excluding ortho intramolecular Hbond substituents is 2. The monoisotopic (exact) mass is 248 g/mol. The first kappa shape index (κ1) is 12.4. The lowest BCUT2D eigenvalue weighted by Crippen LogP contribution is -2.23. The molecule has 2 atom stereocenters. The molecule has 2 aromatic rings. The average molecular weight is 248 g/mol. The number of nitrogens with one attached hydrogen (secondary N) is 2. The Morgan fingerprint density at radius 3 is 2.61 bits per heavy atom. The lowest BCUT2D eigenvalue weighted by molar-refractivity contribution is 0.423. The van der Waals surface area contributed by atoms with Crippen molar-refractivity contribution in [2.24, 2.45) is 0 Å². The van der Waals surface area contributed by atoms with Gasteiger partial charge in [-0.2, -0.15) is 5.10 Å². The molecule has 96 valence electrons. The Morgan fingerprint density at radius 1 is 1.22 bits per heavy atom. The maximum Gasteiger partial charge on any atom is 0.141 e. The summed E-state index contributed by atoms with van der Waals surface area (Å²) in [5.41, 5.74) is 0.721. The molecule has 0 amide bonds. The van der Waals surface area contributed by atoms with Crippen molar-refractivity contribution in [1.82, 2.24) is 20.5 Å². The van der Waals surface area contributed by atoms with E-state index < -0.39 is 0 Å². The van der Waals surface area contributed by atoms with E-state index in [1.54, 1.807) is 12.1 Å². The average Bonchev–Trinajstić information content (AvgIpc) is 2.81. The maximum atomic E-state index is 9.77. The zero-order valence-corrected chi connectivity index (χ0v) is 10.3. The van der Waals surface area contributed by atoms with Crippen molar-refractivity contribution in [3.8, 4) is 11.5 Å². The summed E-state index contributed by atoms with van der Waals surface area (Å²) in [5.74, 6) is 0.853. The van der Waals surface area contributed by atoms with Crippen LogP contribution in [-0.4, -0.2) is 25.4 Å². The summed E-state index contributed by atoms with van der Waals surface area (Å²) in [5, 5.41) is 28.9. The van der Waals surface area contributed by atoms with E-state index in [2.05, 4.69) is 20.5 Å². The molecule has 1 aromatic heterocycles. The quantitative estimate of drug-likeness (QED) is 0.659. The topological polar surface area (TPSA) is 94.1 Å². The summed E-state index contributed by atoms with van der Waals surface area (Å²) in [6.07, 6.45) is 1.45. The predicted molar refractivity (Wildman–Crippen MR) is 66.1 cm³/mol. The molecule has 0 radical (unpaired) electrons. The number of rotatable bonds is 4. The summed E-state index contributed by atoms with van der Waals surface area (Å²) < 4.78 is 0. The summed E-state index contributed by atoms with van der Waals surface area (Å²) in [6.45, 7) is 3.88. The van der Waals surface area contributed by atoms with E-state index in [1.165, 1.54) is 12.4 Å². The summed E-state index contributed by atoms with van der Waals surface area (Å²) in [6, 6.07) is 4.47. The zero-order valence-electron chi connectivity index (χ0n) is 10.3. The highest BCUT2D eigenvalue weighted by atomic mass is 16.3. The number of nitrogens with zero attached hydrogens (tertiary/aromatic N) is 2. The maximum absolute atomic E-state index is 9.77. The third-order valence-electron chi connectivity index (χ3n) is 2.82. The second kappa shape index (κ2) is 5.05. The number of H-pyrrole nitrogens is 1. The van der Waals surface area contributed by atoms with Gasteiger partial charge in [0.15, 0.2) is 0 Å². The molecule has 0 aliphatic heterocycles. The van der Waals surface area contributed by atoms with Crippen molar-refractivity contribution in [3.63, 3.8) is 0 Å². The van der Waals surface area contributed by atoms with Crippen molar-refractivity contribution in [3.05, 3.63) is 35.9 Å². The SMILES string of the molecule is CC(NC(C)c1ccc(O)cc1O)c1ncn[nH]1. The highest BCUT2D eigenvalue weighted by molar-refractivity contribution is 5.40. The van der Waals surface area contributed by atoms with Crippen molar-refractivity contribution in [2.75, 3.05) is 0 Å². The molecule has 6 nitrogen and oxygen atoms in total. The van der Waals surface area contributed by atoms with E-state index in [0.29, 0.717) is 0 Å². The third kappa shape index (κ3) is 2.60. The number of phenols is 2. The van der Waals surface area contributed by atoms with Gasteiger partial charge < -0.3 is 15.5 Å². The number of hydrogen-bond acceptors (Lipinski definition) is 5. The minimum absolute atomic E-state index is 0.0179. The molecule has 6 heteroatoms. The minimum atomic E-state index is -0.0781. The van der Waals surface area contributed by atoms with E-state index in [4.69, 9.17) is 0 Å². The van der Waals surface area contributed by atoms with E-state index in [9.17, 15) is 10.2 Å². The van der Waals surface area contributed by atoms with E-state index >= 15 is 0 Å². The van der Waals surface area contributed by atoms with Gasteiger partial charge in [-0.25, -0.2) is 4.98 Å². The highest BCUT2D eigenvalue weighted by Crippen LogP contribution is 2.28. The molecule has 4 N–H and O–H groups in total. The third-order valence-corrected chi connectivity index (χ3v) is 2.82. The van der Waals surface area contributed by atoms with Gasteiger partial charge in [-0.1, -0.05) is 6.07 Å². The van der Waals surface area contributed by atoms with Crippen LogP contribution in [0, 0.1) is 0 Å². The standard InChI is InChI=1S/C12H16N4O2/c1-7(10-4-3-9(17)5-11(10)18)15-8(2)12-13-6-14-16-12/h3-8,15,17-18H,1-2H3,(H,13,14,16). The number of hydrogen-bond donors (Lipinski definition) is 4. The van der Waals surface area contributed by atoms with Crippen LogP contribution in [0.4, 0.5) is 0 Å². The molecule has 0 saturated carbocycles. The van der Waals surface area contributed by atoms with Crippen LogP contribution in [-0.2, 0) is 0 Å². The normalized spacial score (nSPS) is 14.3. The van der Waals surface area contributed by atoms with Crippen LogP contribution in [0.25, 0.3) is 0 Å². The predicted octanol–water partition coefficient (Wildman–Crippen LogP) is 1.63. The van der Waals surface area contributed by atoms with Gasteiger partial charge in [0.25, 0.3) is 0 Å². The van der Waals surface area contributed by atoms with Gasteiger partial charge in [-0.15, -0.1) is 0 Å². The van der Waals surface area contributed by atoms with Gasteiger partial charge >= 0.3 is 0 Å². The van der Waals surface area contributed by atoms with Crippen molar-refractivity contribution < 1.29 is 10.2 Å². The largest absolute Gasteiger partial charge is 0.508 e. The van der Waals surface area contributed by atoms with Crippen molar-refractivity contribution >= 4 is 0 Å². The lowest BCUT2D eigenvalue weighted by Gasteiger charge is -2.19. The van der Waals surface area contributed by atoms with Crippen LogP contribution >= 0.6 is 0 Å². The van der Waals surface area contributed by atoms with Gasteiger partial charge in [0, 0.05) is 17.7 Å². The summed E-state index contributed by atoms with van der Waals surface area (Å²) >= 11 is 0. The van der Waals surface area contributed by atoms with Crippen LogP contribution < -0.4 is 5.32 Å². The molecule has 0 fully saturated rings. The molecule has 1 heterocycles. The van der Waals surface area contributed by atoms with E-state index in [0.717, 1.165) is 11.4 Å². The molecule has 1 aromatic carbocycles. The number of aromatic hydroxyl groups is 2. The van der Waals surface area contributed by atoms with Crippen LogP contribution in [0.5, 0.6) is 11.5 Å². The van der Waals surface area contributed by atoms with E-state index in [1.807, 2.05) is 13.8 Å². The summed E-state index contributed by atoms with van der Waals surface area (Å²) in [4.78, 5) is 4.07. The highest BCUT2D eigenvalue weighted by Gasteiger charge is 2.15. The fourth-order valence-electron chi connectivity index (χ4n) is 1.87. The molecule has 2 rings (SSSR count). The van der Waals surface area contributed by atoms with Gasteiger partial charge in [-0.3, -0.25) is 5.10 Å². The second-order valence-electron chi connectivity index (χ2n) is 4.22. The summed E-state index contributed by atoms with van der Waals surface area (Å²) in [7, 11) is 0. The number of aromatic amines is 1. The Morgan fingerprint density at radius 2 is 2.00 bits per heavy atom. The number of benzene rings is 1. The Kier molecular flexibility index (Phi) is 3.47. The fraction of sp³-hybridized carbons (Fsp3) is 0.333. The van der Waals surface area contributed by atoms with Crippen LogP contribution in [0.1, 0.15) is 37.3 Å². The first-order valence-electron chi connectivity index (χ1n) is 5.71. The van der Waals surface area contributed by atoms with Crippen LogP contribution in [0.15, 0.2) is 24.5 Å². The Bertz CT molecular complexity index is 513. The number of aromatic nitrogens is 3. The fourth-order valence-corrected chi connectivity index (χ4v) is 1.87. The van der Waals surface area contributed by atoms with Crippen molar-refractivity contribution in [2.45, 2.75) is 25.9 Å². The van der Waals surface area contributed by atoms with Gasteiger partial charge in [0.2, 0.25) is 0 Å². The molecule has 0 aliphatic carbocycles. The first-order chi connectivity index (χ1) is 8.58. The van der Waals surface area contributed by atoms with Crippen LogP contribution in [0.3, 0.4) is 0 Å². The molecule has 0 aliphatic rings. The molecule has 0 saturated heterocycles. The second-order valence-corrected chi connectivity index (χ2v) is 4.22. The molecule has 18 heavy (non-hydrogen) atoms. The molecular formula is C12H16N4O2. The van der Waals surface area contributed by atoms with Crippen molar-refractivity contribution in [1.29, 1.82) is 0 Å². The molecule has 2 unspecified atom stereocenters. The first-order valence-corrected chi connectivity index (χ1v) is 5.71.